The molecule has 0 saturated carbocycles. The van der Waals surface area contributed by atoms with E-state index in [0.29, 0.717) is 40.0 Å². The summed E-state index contributed by atoms with van der Waals surface area (Å²) in [5.41, 5.74) is 1.35. The first-order valence-electron chi connectivity index (χ1n) is 8.12. The lowest BCUT2D eigenvalue weighted by atomic mass is 10.1. The molecule has 144 valence electrons. The molecular weight excluding hydrogens is 372 g/mol. The number of rotatable bonds is 8. The fourth-order valence-corrected chi connectivity index (χ4v) is 2.63. The van der Waals surface area contributed by atoms with Gasteiger partial charge < -0.3 is 24.8 Å². The van der Waals surface area contributed by atoms with Crippen molar-refractivity contribution in [2.24, 2.45) is 0 Å². The highest BCUT2D eigenvalue weighted by Gasteiger charge is 2.14. The topological polar surface area (TPSA) is 85.9 Å². The second-order valence-corrected chi connectivity index (χ2v) is 5.86. The number of hydrogen-bond donors (Lipinski definition) is 2. The number of ether oxygens (including phenoxy) is 3. The third kappa shape index (κ3) is 5.27. The molecule has 27 heavy (non-hydrogen) atoms. The van der Waals surface area contributed by atoms with E-state index in [1.165, 1.54) is 21.3 Å². The lowest BCUT2D eigenvalue weighted by Gasteiger charge is -2.14. The third-order valence-electron chi connectivity index (χ3n) is 3.75. The molecule has 0 aliphatic heterocycles. The highest BCUT2D eigenvalue weighted by molar-refractivity contribution is 6.32. The summed E-state index contributed by atoms with van der Waals surface area (Å²) in [4.78, 5) is 24.0. The number of amides is 1. The first-order valence-corrected chi connectivity index (χ1v) is 8.50. The van der Waals surface area contributed by atoms with E-state index in [2.05, 4.69) is 10.6 Å². The van der Waals surface area contributed by atoms with Crippen LogP contribution in [-0.2, 0) is 9.53 Å². The second kappa shape index (κ2) is 9.68. The second-order valence-electron chi connectivity index (χ2n) is 5.45. The Kier molecular flexibility index (Phi) is 7.31. The van der Waals surface area contributed by atoms with Crippen LogP contribution in [0.4, 0.5) is 11.4 Å². The van der Waals surface area contributed by atoms with Crippen LogP contribution in [0.2, 0.25) is 5.02 Å². The number of benzene rings is 2. The summed E-state index contributed by atoms with van der Waals surface area (Å²) in [6.07, 6.45) is 0.170. The summed E-state index contributed by atoms with van der Waals surface area (Å²) in [5, 5.41) is 6.26. The minimum Gasteiger partial charge on any atom is -0.495 e. The number of esters is 1. The number of carbonyl (C=O) groups is 2. The largest absolute Gasteiger partial charge is 0.495 e. The maximum Gasteiger partial charge on any atom is 0.339 e. The quantitative estimate of drug-likeness (QED) is 0.668. The first-order chi connectivity index (χ1) is 13.0. The van der Waals surface area contributed by atoms with Crippen molar-refractivity contribution in [2.75, 3.05) is 38.5 Å². The predicted molar refractivity (Wildman–Crippen MR) is 104 cm³/mol. The number of methoxy groups -OCH3 is 3. The van der Waals surface area contributed by atoms with Gasteiger partial charge in [0, 0.05) is 25.1 Å². The molecule has 0 heterocycles. The van der Waals surface area contributed by atoms with E-state index in [1.807, 2.05) is 0 Å². The van der Waals surface area contributed by atoms with Crippen molar-refractivity contribution in [3.05, 3.63) is 47.0 Å². The Bertz CT molecular complexity index is 826. The van der Waals surface area contributed by atoms with Crippen molar-refractivity contribution in [3.8, 4) is 11.5 Å². The van der Waals surface area contributed by atoms with Gasteiger partial charge in [-0.3, -0.25) is 4.79 Å². The Morgan fingerprint density at radius 2 is 1.70 bits per heavy atom. The van der Waals surface area contributed by atoms with Crippen LogP contribution in [0.15, 0.2) is 36.4 Å². The minimum atomic E-state index is -0.512. The molecule has 2 N–H and O–H groups in total. The van der Waals surface area contributed by atoms with E-state index in [0.717, 1.165) is 0 Å². The van der Waals surface area contributed by atoms with E-state index >= 15 is 0 Å². The van der Waals surface area contributed by atoms with E-state index in [1.54, 1.807) is 36.4 Å². The Morgan fingerprint density at radius 1 is 1.00 bits per heavy atom. The molecule has 0 saturated heterocycles. The molecule has 0 bridgehead atoms. The van der Waals surface area contributed by atoms with Crippen molar-refractivity contribution < 1.29 is 23.8 Å². The lowest BCUT2D eigenvalue weighted by molar-refractivity contribution is -0.115. The standard InChI is InChI=1S/C19H21ClN2O5/c1-25-16-11-15(17(26-2)10-13(16)20)21-9-8-18(23)22-14-7-5-4-6-12(14)19(24)27-3/h4-7,10-11,21H,8-9H2,1-3H3,(H,22,23). The summed E-state index contributed by atoms with van der Waals surface area (Å²) in [5.74, 6) is 0.273. The van der Waals surface area contributed by atoms with E-state index in [-0.39, 0.29) is 12.3 Å². The molecule has 0 radical (unpaired) electrons. The van der Waals surface area contributed by atoms with Gasteiger partial charge >= 0.3 is 5.97 Å². The smallest absolute Gasteiger partial charge is 0.339 e. The number of para-hydroxylation sites is 1. The Morgan fingerprint density at radius 3 is 2.37 bits per heavy atom. The Balaban J connectivity index is 1.99. The zero-order chi connectivity index (χ0) is 19.8. The van der Waals surface area contributed by atoms with Crippen molar-refractivity contribution in [3.63, 3.8) is 0 Å². The van der Waals surface area contributed by atoms with Crippen LogP contribution in [-0.4, -0.2) is 39.8 Å². The molecule has 0 aromatic heterocycles. The van der Waals surface area contributed by atoms with Crippen LogP contribution in [0.5, 0.6) is 11.5 Å². The fraction of sp³-hybridized carbons (Fsp3) is 0.263. The van der Waals surface area contributed by atoms with Gasteiger partial charge in [-0.15, -0.1) is 0 Å². The molecule has 0 atom stereocenters. The van der Waals surface area contributed by atoms with Crippen molar-refractivity contribution in [2.45, 2.75) is 6.42 Å². The molecule has 0 fully saturated rings. The molecule has 2 rings (SSSR count). The van der Waals surface area contributed by atoms with Gasteiger partial charge in [-0.1, -0.05) is 23.7 Å². The maximum atomic E-state index is 12.2. The van der Waals surface area contributed by atoms with Crippen LogP contribution in [0, 0.1) is 0 Å². The lowest BCUT2D eigenvalue weighted by Crippen LogP contribution is -2.18. The van der Waals surface area contributed by atoms with Gasteiger partial charge in [0.1, 0.15) is 11.5 Å². The Labute approximate surface area is 162 Å². The van der Waals surface area contributed by atoms with Gasteiger partial charge in [0.05, 0.1) is 43.3 Å². The van der Waals surface area contributed by atoms with Gasteiger partial charge in [0.25, 0.3) is 0 Å². The molecule has 2 aromatic carbocycles. The Hall–Kier alpha value is -2.93. The number of carbonyl (C=O) groups excluding carboxylic acids is 2. The van der Waals surface area contributed by atoms with Crippen LogP contribution in [0.1, 0.15) is 16.8 Å². The minimum absolute atomic E-state index is 0.170. The van der Waals surface area contributed by atoms with E-state index in [4.69, 9.17) is 25.8 Å². The van der Waals surface area contributed by atoms with Gasteiger partial charge in [0.2, 0.25) is 5.91 Å². The molecular formula is C19H21ClN2O5. The zero-order valence-corrected chi connectivity index (χ0v) is 16.1. The van der Waals surface area contributed by atoms with Gasteiger partial charge in [0.15, 0.2) is 0 Å². The van der Waals surface area contributed by atoms with E-state index < -0.39 is 5.97 Å². The molecule has 2 aromatic rings. The van der Waals surface area contributed by atoms with Crippen molar-refractivity contribution >= 4 is 34.9 Å². The predicted octanol–water partition coefficient (Wildman–Crippen LogP) is 3.58. The SMILES string of the molecule is COC(=O)c1ccccc1NC(=O)CCNc1cc(OC)c(Cl)cc1OC. The highest BCUT2D eigenvalue weighted by atomic mass is 35.5. The summed E-state index contributed by atoms with van der Waals surface area (Å²) < 4.78 is 15.2. The fourth-order valence-electron chi connectivity index (χ4n) is 2.40. The monoisotopic (exact) mass is 392 g/mol. The summed E-state index contributed by atoms with van der Waals surface area (Å²) in [6.45, 7) is 0.341. The van der Waals surface area contributed by atoms with Crippen molar-refractivity contribution in [1.29, 1.82) is 0 Å². The third-order valence-corrected chi connectivity index (χ3v) is 4.04. The molecule has 8 heteroatoms. The number of hydrogen-bond acceptors (Lipinski definition) is 6. The highest BCUT2D eigenvalue weighted by Crippen LogP contribution is 2.35. The molecule has 0 aliphatic carbocycles. The molecule has 0 unspecified atom stereocenters. The molecule has 0 aliphatic rings. The van der Waals surface area contributed by atoms with Crippen LogP contribution < -0.4 is 20.1 Å². The summed E-state index contributed by atoms with van der Waals surface area (Å²) >= 11 is 6.07. The number of nitrogens with one attached hydrogen (secondary N) is 2. The average Bonchev–Trinajstić information content (AvgIpc) is 2.68. The van der Waals surface area contributed by atoms with Crippen LogP contribution in [0.3, 0.4) is 0 Å². The first kappa shape index (κ1) is 20.4. The molecule has 7 nitrogen and oxygen atoms in total. The maximum absolute atomic E-state index is 12.2. The molecule has 1 amide bonds. The van der Waals surface area contributed by atoms with Gasteiger partial charge in [-0.05, 0) is 12.1 Å². The molecule has 0 spiro atoms. The normalized spacial score (nSPS) is 10.1. The summed E-state index contributed by atoms with van der Waals surface area (Å²) in [6, 6.07) is 9.99. The van der Waals surface area contributed by atoms with Crippen LogP contribution >= 0.6 is 11.6 Å². The summed E-state index contributed by atoms with van der Waals surface area (Å²) in [7, 11) is 4.34. The van der Waals surface area contributed by atoms with Crippen LogP contribution in [0.25, 0.3) is 0 Å². The van der Waals surface area contributed by atoms with Gasteiger partial charge in [-0.2, -0.15) is 0 Å². The van der Waals surface area contributed by atoms with E-state index in [9.17, 15) is 9.59 Å². The van der Waals surface area contributed by atoms with Gasteiger partial charge in [-0.25, -0.2) is 4.79 Å². The number of anilines is 2. The average molecular weight is 393 g/mol. The zero-order valence-electron chi connectivity index (χ0n) is 15.3. The number of halogens is 1. The van der Waals surface area contributed by atoms with Crippen molar-refractivity contribution in [1.82, 2.24) is 0 Å².